The molecular weight excluding hydrogens is 461 g/mol. The Balaban J connectivity index is 2.56. The molecule has 7 nitrogen and oxygen atoms in total. The number of hydrogen-bond acceptors (Lipinski definition) is 7. The number of aromatic nitrogens is 5. The molecule has 2 aromatic rings. The van der Waals surface area contributed by atoms with E-state index in [0.29, 0.717) is 6.20 Å². The number of alkyl halides is 9. The summed E-state index contributed by atoms with van der Waals surface area (Å²) in [4.78, 5) is 17.0. The first-order chi connectivity index (χ1) is 14.6. The Kier molecular flexibility index (Phi) is 7.34. The average Bonchev–Trinajstić information content (AvgIpc) is 2.67. The van der Waals surface area contributed by atoms with Crippen LogP contribution in [0.4, 0.5) is 51.4 Å². The predicted octanol–water partition coefficient (Wildman–Crippen LogP) is 4.85. The molecule has 0 saturated carbocycles. The van der Waals surface area contributed by atoms with E-state index in [4.69, 9.17) is 0 Å². The number of hydrogen-bond donors (Lipinski definition) is 2. The van der Waals surface area contributed by atoms with Crippen LogP contribution < -0.4 is 10.6 Å². The lowest BCUT2D eigenvalue weighted by atomic mass is 10.2. The highest BCUT2D eigenvalue weighted by atomic mass is 19.4. The fourth-order valence-electron chi connectivity index (χ4n) is 2.38. The molecule has 2 N–H and O–H groups in total. The van der Waals surface area contributed by atoms with Crippen molar-refractivity contribution >= 4 is 11.9 Å². The van der Waals surface area contributed by atoms with E-state index < -0.39 is 72.7 Å². The Bertz CT molecular complexity index is 870. The Labute approximate surface area is 174 Å². The molecule has 32 heavy (non-hydrogen) atoms. The van der Waals surface area contributed by atoms with Crippen molar-refractivity contribution in [3.05, 3.63) is 18.1 Å². The third-order valence-corrected chi connectivity index (χ3v) is 3.99. The maximum Gasteiger partial charge on any atom is 0.451 e. The van der Waals surface area contributed by atoms with Gasteiger partial charge in [0, 0.05) is 6.20 Å². The molecule has 0 spiro atoms. The lowest BCUT2D eigenvalue weighted by Gasteiger charge is -2.22. The van der Waals surface area contributed by atoms with Crippen LogP contribution in [0.2, 0.25) is 0 Å². The van der Waals surface area contributed by atoms with Gasteiger partial charge in [-0.2, -0.15) is 54.5 Å². The van der Waals surface area contributed by atoms with Gasteiger partial charge >= 0.3 is 18.5 Å². The number of nitrogens with one attached hydrogen (secondary N) is 2. The first-order valence-electron chi connectivity index (χ1n) is 8.98. The van der Waals surface area contributed by atoms with Gasteiger partial charge in [0.05, 0.1) is 0 Å². The van der Waals surface area contributed by atoms with Gasteiger partial charge in [-0.3, -0.25) is 0 Å². The van der Waals surface area contributed by atoms with E-state index in [-0.39, 0.29) is 0 Å². The summed E-state index contributed by atoms with van der Waals surface area (Å²) in [6.45, 7) is 2.37. The van der Waals surface area contributed by atoms with Crippen LogP contribution in [0.3, 0.4) is 0 Å². The number of anilines is 2. The summed E-state index contributed by atoms with van der Waals surface area (Å²) >= 11 is 0. The maximum atomic E-state index is 13.1. The van der Waals surface area contributed by atoms with E-state index in [1.165, 1.54) is 13.8 Å². The second kappa shape index (κ2) is 9.28. The Hall–Kier alpha value is -2.94. The molecule has 1 unspecified atom stereocenters. The van der Waals surface area contributed by atoms with Crippen LogP contribution >= 0.6 is 0 Å². The number of nitrogens with zero attached hydrogens (tertiary/aromatic N) is 5. The van der Waals surface area contributed by atoms with Gasteiger partial charge in [0.2, 0.25) is 17.7 Å². The van der Waals surface area contributed by atoms with Crippen LogP contribution in [-0.4, -0.2) is 49.4 Å². The third kappa shape index (κ3) is 6.53. The SMILES string of the molecule is CCC(Nc1nc(N[C@@H](CC)C(F)(F)F)nc(-c2ccnc(C(F)(F)F)n2)n1)C(F)(F)F. The molecule has 0 radical (unpaired) electrons. The molecule has 2 heterocycles. The van der Waals surface area contributed by atoms with Crippen molar-refractivity contribution in [1.29, 1.82) is 0 Å². The van der Waals surface area contributed by atoms with Crippen LogP contribution in [0.25, 0.3) is 11.5 Å². The largest absolute Gasteiger partial charge is 0.451 e. The van der Waals surface area contributed by atoms with Crippen LogP contribution in [0.5, 0.6) is 0 Å². The van der Waals surface area contributed by atoms with Crippen LogP contribution in [0.15, 0.2) is 12.3 Å². The van der Waals surface area contributed by atoms with Gasteiger partial charge in [0.1, 0.15) is 17.8 Å². The van der Waals surface area contributed by atoms with Gasteiger partial charge in [-0.25, -0.2) is 9.97 Å². The molecule has 0 amide bonds. The third-order valence-electron chi connectivity index (χ3n) is 3.99. The summed E-state index contributed by atoms with van der Waals surface area (Å²) in [6.07, 6.45) is -14.8. The highest BCUT2D eigenvalue weighted by molar-refractivity contribution is 5.53. The maximum absolute atomic E-state index is 13.1. The zero-order valence-corrected chi connectivity index (χ0v) is 16.4. The molecule has 0 aliphatic rings. The van der Waals surface area contributed by atoms with E-state index in [2.05, 4.69) is 24.9 Å². The molecule has 0 fully saturated rings. The first-order valence-corrected chi connectivity index (χ1v) is 8.98. The van der Waals surface area contributed by atoms with Gasteiger partial charge < -0.3 is 10.6 Å². The van der Waals surface area contributed by atoms with E-state index in [1.807, 2.05) is 10.6 Å². The molecule has 2 rings (SSSR count). The Morgan fingerprint density at radius 2 is 1.22 bits per heavy atom. The predicted molar refractivity (Wildman–Crippen MR) is 93.4 cm³/mol. The summed E-state index contributed by atoms with van der Waals surface area (Å²) in [5.74, 6) is -3.88. The van der Waals surface area contributed by atoms with E-state index >= 15 is 0 Å². The van der Waals surface area contributed by atoms with Crippen molar-refractivity contribution in [2.45, 2.75) is 57.3 Å². The second-order valence-electron chi connectivity index (χ2n) is 6.36. The average molecular weight is 477 g/mol. The minimum atomic E-state index is -4.96. The number of rotatable bonds is 7. The van der Waals surface area contributed by atoms with Crippen molar-refractivity contribution in [2.24, 2.45) is 0 Å². The van der Waals surface area contributed by atoms with Gasteiger partial charge in [-0.05, 0) is 18.9 Å². The van der Waals surface area contributed by atoms with Gasteiger partial charge in [0.25, 0.3) is 0 Å². The molecule has 0 aliphatic heterocycles. The lowest BCUT2D eigenvalue weighted by molar-refractivity contribution is -0.145. The molecule has 0 aliphatic carbocycles. The molecule has 178 valence electrons. The summed E-state index contributed by atoms with van der Waals surface area (Å²) in [5, 5.41) is 3.84. The quantitative estimate of drug-likeness (QED) is 0.551. The van der Waals surface area contributed by atoms with E-state index in [9.17, 15) is 39.5 Å². The van der Waals surface area contributed by atoms with Crippen LogP contribution in [0, 0.1) is 0 Å². The van der Waals surface area contributed by atoms with E-state index in [1.54, 1.807) is 0 Å². The zero-order chi connectivity index (χ0) is 24.3. The Morgan fingerprint density at radius 3 is 1.59 bits per heavy atom. The summed E-state index contributed by atoms with van der Waals surface area (Å²) < 4.78 is 117. The van der Waals surface area contributed by atoms with Crippen LogP contribution in [0.1, 0.15) is 32.5 Å². The lowest BCUT2D eigenvalue weighted by Crippen LogP contribution is -2.37. The van der Waals surface area contributed by atoms with Crippen molar-refractivity contribution in [3.63, 3.8) is 0 Å². The minimum Gasteiger partial charge on any atom is -0.342 e. The van der Waals surface area contributed by atoms with Gasteiger partial charge in [-0.1, -0.05) is 13.8 Å². The fourth-order valence-corrected chi connectivity index (χ4v) is 2.38. The van der Waals surface area contributed by atoms with Gasteiger partial charge in [0.15, 0.2) is 5.82 Å². The minimum absolute atomic E-state index is 0.487. The van der Waals surface area contributed by atoms with Crippen molar-refractivity contribution in [1.82, 2.24) is 24.9 Å². The molecule has 16 heteroatoms. The highest BCUT2D eigenvalue weighted by Gasteiger charge is 2.40. The molecule has 0 bridgehead atoms. The monoisotopic (exact) mass is 477 g/mol. The van der Waals surface area contributed by atoms with Crippen LogP contribution in [-0.2, 0) is 6.18 Å². The number of halogens is 9. The molecule has 2 aromatic heterocycles. The molecule has 0 aromatic carbocycles. The van der Waals surface area contributed by atoms with Crippen molar-refractivity contribution in [3.8, 4) is 11.5 Å². The second-order valence-corrected chi connectivity index (χ2v) is 6.36. The van der Waals surface area contributed by atoms with Crippen molar-refractivity contribution in [2.75, 3.05) is 10.6 Å². The molecular formula is C16H16F9N7. The molecule has 0 saturated heterocycles. The standard InChI is InChI=1S/C16H16F9N7/c1-3-8(14(17,18)19)28-12-30-10(7-5-6-26-11(27-7)16(23,24)25)31-13(32-12)29-9(4-2)15(20,21)22/h5-6,8-9H,3-4H2,1-2H3,(H2,28,29,30,31,32)/t8-,9?/m0/s1. The van der Waals surface area contributed by atoms with Crippen molar-refractivity contribution < 1.29 is 39.5 Å². The fraction of sp³-hybridized carbons (Fsp3) is 0.562. The first kappa shape index (κ1) is 25.3. The van der Waals surface area contributed by atoms with E-state index in [0.717, 1.165) is 6.07 Å². The highest BCUT2D eigenvalue weighted by Crippen LogP contribution is 2.29. The summed E-state index contributed by atoms with van der Waals surface area (Å²) in [6, 6.07) is -3.43. The Morgan fingerprint density at radius 1 is 0.750 bits per heavy atom. The summed E-state index contributed by atoms with van der Waals surface area (Å²) in [5.41, 5.74) is -0.582. The topological polar surface area (TPSA) is 88.5 Å². The smallest absolute Gasteiger partial charge is 0.342 e. The zero-order valence-electron chi connectivity index (χ0n) is 16.4. The normalized spacial score (nSPS) is 14.7. The molecule has 2 atom stereocenters. The summed E-state index contributed by atoms with van der Waals surface area (Å²) in [7, 11) is 0. The van der Waals surface area contributed by atoms with Gasteiger partial charge in [-0.15, -0.1) is 0 Å².